The molecule has 1 amide bonds. The molecule has 0 atom stereocenters. The van der Waals surface area contributed by atoms with Crippen LogP contribution in [-0.2, 0) is 17.9 Å². The van der Waals surface area contributed by atoms with Gasteiger partial charge in [-0.05, 0) is 47.2 Å². The number of carbonyl (C=O) groups excluding carboxylic acids is 1. The fourth-order valence-corrected chi connectivity index (χ4v) is 2.49. The number of halogens is 1. The summed E-state index contributed by atoms with van der Waals surface area (Å²) in [5.74, 6) is -0.528. The number of nitrogens with zero attached hydrogens (tertiary/aromatic N) is 5. The number of nitrogens with one attached hydrogen (secondary N) is 1. The Morgan fingerprint density at radius 1 is 1.43 bits per heavy atom. The first-order valence-corrected chi connectivity index (χ1v) is 7.82. The highest BCUT2D eigenvalue weighted by atomic mass is 79.9. The summed E-state index contributed by atoms with van der Waals surface area (Å²) in [6, 6.07) is 1.92. The Balaban J connectivity index is 1.82. The van der Waals surface area contributed by atoms with Gasteiger partial charge in [0.1, 0.15) is 11.0 Å². The number of carbonyl (C=O) groups is 1. The average Bonchev–Trinajstić information content (AvgIpc) is 3.02. The van der Waals surface area contributed by atoms with E-state index in [1.807, 2.05) is 17.7 Å². The van der Waals surface area contributed by atoms with Crippen molar-refractivity contribution in [2.75, 3.05) is 6.54 Å². The van der Waals surface area contributed by atoms with E-state index in [-0.39, 0.29) is 18.3 Å². The molecule has 23 heavy (non-hydrogen) atoms. The standard InChI is InChI=1S/C13H17BrN6O3/c1-9-4-6-16-18(9)7-3-5-15-11(21)8-19-10(2)12(14)13(17-19)20(22)23/h4,6H,3,5,7-8H2,1-2H3,(H,15,21). The SMILES string of the molecule is Cc1ccnn1CCCNC(=O)Cn1nc([N+](=O)[O-])c(Br)c1C. The number of nitro groups is 1. The van der Waals surface area contributed by atoms with Crippen molar-refractivity contribution >= 4 is 27.7 Å². The highest BCUT2D eigenvalue weighted by Gasteiger charge is 2.24. The van der Waals surface area contributed by atoms with Crippen molar-refractivity contribution in [1.82, 2.24) is 24.9 Å². The molecule has 0 aliphatic carbocycles. The lowest BCUT2D eigenvalue weighted by Crippen LogP contribution is -2.29. The van der Waals surface area contributed by atoms with Gasteiger partial charge in [0.05, 0.1) is 10.8 Å². The molecule has 0 saturated carbocycles. The van der Waals surface area contributed by atoms with Crippen molar-refractivity contribution in [2.45, 2.75) is 33.4 Å². The minimum atomic E-state index is -0.585. The van der Waals surface area contributed by atoms with Gasteiger partial charge in [0.25, 0.3) is 0 Å². The molecule has 2 aromatic heterocycles. The summed E-state index contributed by atoms with van der Waals surface area (Å²) in [5.41, 5.74) is 1.61. The molecule has 2 heterocycles. The van der Waals surface area contributed by atoms with Gasteiger partial charge in [-0.1, -0.05) is 0 Å². The topological polar surface area (TPSA) is 108 Å². The summed E-state index contributed by atoms with van der Waals surface area (Å²) in [7, 11) is 0. The molecule has 2 rings (SSSR count). The molecular weight excluding hydrogens is 368 g/mol. The van der Waals surface area contributed by atoms with Crippen LogP contribution in [0.2, 0.25) is 0 Å². The number of aryl methyl sites for hydroxylation is 2. The lowest BCUT2D eigenvalue weighted by Gasteiger charge is -2.06. The van der Waals surface area contributed by atoms with Gasteiger partial charge in [-0.3, -0.25) is 9.48 Å². The monoisotopic (exact) mass is 384 g/mol. The summed E-state index contributed by atoms with van der Waals surface area (Å²) in [6.45, 7) is 4.80. The van der Waals surface area contributed by atoms with E-state index in [0.29, 0.717) is 16.7 Å². The first-order chi connectivity index (χ1) is 10.9. The normalized spacial score (nSPS) is 10.7. The van der Waals surface area contributed by atoms with Crippen molar-refractivity contribution in [3.05, 3.63) is 38.2 Å². The largest absolute Gasteiger partial charge is 0.404 e. The Morgan fingerprint density at radius 2 is 2.17 bits per heavy atom. The molecular formula is C13H17BrN6O3. The van der Waals surface area contributed by atoms with E-state index in [1.54, 1.807) is 13.1 Å². The second-order valence-electron chi connectivity index (χ2n) is 5.04. The van der Waals surface area contributed by atoms with E-state index in [0.717, 1.165) is 18.7 Å². The molecule has 0 bridgehead atoms. The van der Waals surface area contributed by atoms with Crippen LogP contribution in [0.25, 0.3) is 0 Å². The molecule has 2 aromatic rings. The maximum Gasteiger partial charge on any atom is 0.404 e. The predicted molar refractivity (Wildman–Crippen MR) is 85.9 cm³/mol. The molecule has 0 aliphatic heterocycles. The maximum absolute atomic E-state index is 11.9. The van der Waals surface area contributed by atoms with Gasteiger partial charge in [0, 0.05) is 25.0 Å². The fraction of sp³-hybridized carbons (Fsp3) is 0.462. The van der Waals surface area contributed by atoms with E-state index in [9.17, 15) is 14.9 Å². The van der Waals surface area contributed by atoms with E-state index < -0.39 is 4.92 Å². The van der Waals surface area contributed by atoms with Gasteiger partial charge in [-0.2, -0.15) is 9.78 Å². The summed E-state index contributed by atoms with van der Waals surface area (Å²) < 4.78 is 3.48. The summed E-state index contributed by atoms with van der Waals surface area (Å²) >= 11 is 3.12. The van der Waals surface area contributed by atoms with Gasteiger partial charge >= 0.3 is 5.82 Å². The maximum atomic E-state index is 11.9. The van der Waals surface area contributed by atoms with Crippen LogP contribution < -0.4 is 5.32 Å². The molecule has 1 N–H and O–H groups in total. The van der Waals surface area contributed by atoms with Crippen molar-refractivity contribution < 1.29 is 9.72 Å². The average molecular weight is 385 g/mol. The highest BCUT2D eigenvalue weighted by molar-refractivity contribution is 9.10. The number of hydrogen-bond acceptors (Lipinski definition) is 5. The minimum absolute atomic E-state index is 0.0565. The Kier molecular flexibility index (Phi) is 5.48. The Morgan fingerprint density at radius 3 is 2.74 bits per heavy atom. The molecule has 9 nitrogen and oxygen atoms in total. The lowest BCUT2D eigenvalue weighted by atomic mass is 10.4. The molecule has 0 saturated heterocycles. The van der Waals surface area contributed by atoms with Crippen LogP contribution in [-0.4, -0.2) is 36.9 Å². The second-order valence-corrected chi connectivity index (χ2v) is 5.83. The van der Waals surface area contributed by atoms with Crippen LogP contribution in [0.15, 0.2) is 16.7 Å². The zero-order valence-corrected chi connectivity index (χ0v) is 14.4. The second kappa shape index (κ2) is 7.36. The molecule has 0 aromatic carbocycles. The smallest absolute Gasteiger partial charge is 0.358 e. The number of amides is 1. The van der Waals surface area contributed by atoms with E-state index in [2.05, 4.69) is 31.4 Å². The minimum Gasteiger partial charge on any atom is -0.358 e. The molecule has 124 valence electrons. The van der Waals surface area contributed by atoms with Crippen molar-refractivity contribution in [3.8, 4) is 0 Å². The molecule has 0 aliphatic rings. The Bertz CT molecular complexity index is 723. The molecule has 0 radical (unpaired) electrons. The third-order valence-corrected chi connectivity index (χ3v) is 4.31. The van der Waals surface area contributed by atoms with E-state index in [1.165, 1.54) is 4.68 Å². The number of aromatic nitrogens is 4. The third kappa shape index (κ3) is 4.15. The van der Waals surface area contributed by atoms with Crippen LogP contribution in [0.1, 0.15) is 17.8 Å². The van der Waals surface area contributed by atoms with Gasteiger partial charge in [0.2, 0.25) is 5.91 Å². The fourth-order valence-electron chi connectivity index (χ4n) is 2.06. The highest BCUT2D eigenvalue weighted by Crippen LogP contribution is 2.26. The summed E-state index contributed by atoms with van der Waals surface area (Å²) in [5, 5.41) is 21.6. The van der Waals surface area contributed by atoms with Crippen molar-refractivity contribution in [1.29, 1.82) is 0 Å². The van der Waals surface area contributed by atoms with E-state index >= 15 is 0 Å². The van der Waals surface area contributed by atoms with Gasteiger partial charge in [-0.15, -0.1) is 0 Å². The zero-order valence-electron chi connectivity index (χ0n) is 12.8. The first-order valence-electron chi connectivity index (χ1n) is 7.02. The quantitative estimate of drug-likeness (QED) is 0.442. The van der Waals surface area contributed by atoms with Crippen LogP contribution in [0.5, 0.6) is 0 Å². The van der Waals surface area contributed by atoms with Crippen LogP contribution in [0, 0.1) is 24.0 Å². The van der Waals surface area contributed by atoms with Crippen LogP contribution in [0.4, 0.5) is 5.82 Å². The Labute approximate surface area is 140 Å². The number of rotatable bonds is 7. The summed E-state index contributed by atoms with van der Waals surface area (Å²) in [4.78, 5) is 22.1. The molecule has 0 fully saturated rings. The molecule has 0 unspecified atom stereocenters. The first kappa shape index (κ1) is 17.1. The molecule has 10 heteroatoms. The molecule has 0 spiro atoms. The predicted octanol–water partition coefficient (Wildman–Crippen LogP) is 1.57. The number of hydrogen-bond donors (Lipinski definition) is 1. The summed E-state index contributed by atoms with van der Waals surface area (Å²) in [6.07, 6.45) is 2.48. The van der Waals surface area contributed by atoms with Gasteiger partial charge in [-0.25, -0.2) is 0 Å². The Hall–Kier alpha value is -2.23. The lowest BCUT2D eigenvalue weighted by molar-refractivity contribution is -0.390. The van der Waals surface area contributed by atoms with Gasteiger partial charge < -0.3 is 15.4 Å². The van der Waals surface area contributed by atoms with E-state index in [4.69, 9.17) is 0 Å². The van der Waals surface area contributed by atoms with Gasteiger partial charge in [0.15, 0.2) is 0 Å². The van der Waals surface area contributed by atoms with Crippen molar-refractivity contribution in [2.24, 2.45) is 0 Å². The third-order valence-electron chi connectivity index (χ3n) is 3.38. The zero-order chi connectivity index (χ0) is 17.0. The van der Waals surface area contributed by atoms with Crippen molar-refractivity contribution in [3.63, 3.8) is 0 Å². The van der Waals surface area contributed by atoms with Crippen LogP contribution in [0.3, 0.4) is 0 Å². The van der Waals surface area contributed by atoms with Crippen LogP contribution >= 0.6 is 15.9 Å².